The quantitative estimate of drug-likeness (QED) is 0.878. The highest BCUT2D eigenvalue weighted by molar-refractivity contribution is 6.30. The molecule has 1 aliphatic heterocycles. The molecule has 0 radical (unpaired) electrons. The molecule has 1 aliphatic rings. The van der Waals surface area contributed by atoms with E-state index in [-0.39, 0.29) is 11.7 Å². The first-order valence-electron chi connectivity index (χ1n) is 6.35. The van der Waals surface area contributed by atoms with Crippen molar-refractivity contribution in [3.05, 3.63) is 58.4 Å². The molecule has 1 aromatic heterocycles. The number of nitrogens with zero attached hydrogens (tertiary/aromatic N) is 2. The SMILES string of the molecule is O=C(c1ccc(Cl)cn1)N1CCc2ccc(O)cc2C1. The van der Waals surface area contributed by atoms with Gasteiger partial charge >= 0.3 is 0 Å². The van der Waals surface area contributed by atoms with Crippen molar-refractivity contribution in [1.29, 1.82) is 0 Å². The highest BCUT2D eigenvalue weighted by Gasteiger charge is 2.22. The number of amides is 1. The molecule has 0 spiro atoms. The number of halogens is 1. The van der Waals surface area contributed by atoms with Crippen LogP contribution in [-0.2, 0) is 13.0 Å². The van der Waals surface area contributed by atoms with Crippen LogP contribution in [0.3, 0.4) is 0 Å². The van der Waals surface area contributed by atoms with Crippen molar-refractivity contribution in [2.24, 2.45) is 0 Å². The van der Waals surface area contributed by atoms with E-state index in [9.17, 15) is 9.90 Å². The van der Waals surface area contributed by atoms with Gasteiger partial charge in [0.1, 0.15) is 11.4 Å². The Kier molecular flexibility index (Phi) is 3.32. The van der Waals surface area contributed by atoms with Crippen molar-refractivity contribution >= 4 is 17.5 Å². The lowest BCUT2D eigenvalue weighted by Crippen LogP contribution is -2.36. The van der Waals surface area contributed by atoms with Crippen molar-refractivity contribution in [2.75, 3.05) is 6.54 Å². The third-order valence-corrected chi connectivity index (χ3v) is 3.66. The predicted octanol–water partition coefficient (Wildman–Crippen LogP) is 2.64. The molecule has 0 atom stereocenters. The first kappa shape index (κ1) is 12.9. The number of fused-ring (bicyclic) bond motifs is 1. The van der Waals surface area contributed by atoms with Gasteiger partial charge < -0.3 is 10.0 Å². The van der Waals surface area contributed by atoms with Crippen LogP contribution in [0.2, 0.25) is 5.02 Å². The molecule has 1 N–H and O–H groups in total. The molecule has 20 heavy (non-hydrogen) atoms. The van der Waals surface area contributed by atoms with E-state index in [1.54, 1.807) is 29.2 Å². The highest BCUT2D eigenvalue weighted by atomic mass is 35.5. The first-order chi connectivity index (χ1) is 9.63. The maximum Gasteiger partial charge on any atom is 0.272 e. The topological polar surface area (TPSA) is 53.4 Å². The van der Waals surface area contributed by atoms with Gasteiger partial charge in [0.25, 0.3) is 5.91 Å². The summed E-state index contributed by atoms with van der Waals surface area (Å²) in [5.41, 5.74) is 2.55. The number of hydrogen-bond donors (Lipinski definition) is 1. The summed E-state index contributed by atoms with van der Waals surface area (Å²) in [4.78, 5) is 18.2. The van der Waals surface area contributed by atoms with Gasteiger partial charge in [-0.3, -0.25) is 4.79 Å². The second kappa shape index (κ2) is 5.13. The maximum absolute atomic E-state index is 12.4. The van der Waals surface area contributed by atoms with Gasteiger partial charge in [0.15, 0.2) is 0 Å². The zero-order valence-corrected chi connectivity index (χ0v) is 11.5. The van der Waals surface area contributed by atoms with Crippen molar-refractivity contribution in [1.82, 2.24) is 9.88 Å². The van der Waals surface area contributed by atoms with Crippen molar-refractivity contribution < 1.29 is 9.90 Å². The van der Waals surface area contributed by atoms with E-state index in [0.29, 0.717) is 23.8 Å². The highest BCUT2D eigenvalue weighted by Crippen LogP contribution is 2.24. The van der Waals surface area contributed by atoms with Crippen LogP contribution in [0.1, 0.15) is 21.6 Å². The normalized spacial score (nSPS) is 13.9. The number of rotatable bonds is 1. The number of aromatic hydroxyl groups is 1. The third-order valence-electron chi connectivity index (χ3n) is 3.44. The molecule has 0 aliphatic carbocycles. The Labute approximate surface area is 121 Å². The molecule has 5 heteroatoms. The Bertz CT molecular complexity index is 655. The van der Waals surface area contributed by atoms with Gasteiger partial charge in [-0.15, -0.1) is 0 Å². The lowest BCUT2D eigenvalue weighted by Gasteiger charge is -2.28. The monoisotopic (exact) mass is 288 g/mol. The number of carbonyl (C=O) groups is 1. The molecule has 4 nitrogen and oxygen atoms in total. The fourth-order valence-corrected chi connectivity index (χ4v) is 2.49. The van der Waals surface area contributed by atoms with E-state index in [0.717, 1.165) is 12.0 Å². The van der Waals surface area contributed by atoms with Crippen molar-refractivity contribution in [3.8, 4) is 5.75 Å². The van der Waals surface area contributed by atoms with Gasteiger partial charge in [0.05, 0.1) is 5.02 Å². The number of pyridine rings is 1. The van der Waals surface area contributed by atoms with Crippen LogP contribution in [0.25, 0.3) is 0 Å². The zero-order chi connectivity index (χ0) is 14.1. The zero-order valence-electron chi connectivity index (χ0n) is 10.7. The Morgan fingerprint density at radius 1 is 1.25 bits per heavy atom. The summed E-state index contributed by atoms with van der Waals surface area (Å²) < 4.78 is 0. The molecular formula is C15H13ClN2O2. The minimum Gasteiger partial charge on any atom is -0.508 e. The number of carbonyl (C=O) groups excluding carboxylic acids is 1. The summed E-state index contributed by atoms with van der Waals surface area (Å²) >= 11 is 5.77. The molecule has 2 aromatic rings. The summed E-state index contributed by atoms with van der Waals surface area (Å²) in [6.07, 6.45) is 2.26. The van der Waals surface area contributed by atoms with Crippen LogP contribution in [0, 0.1) is 0 Å². The van der Waals surface area contributed by atoms with Crippen LogP contribution in [0.15, 0.2) is 36.5 Å². The number of phenols is 1. The van der Waals surface area contributed by atoms with E-state index in [4.69, 9.17) is 11.6 Å². The Morgan fingerprint density at radius 2 is 2.10 bits per heavy atom. The standard InChI is InChI=1S/C15H13ClN2O2/c16-12-2-4-14(17-8-12)15(20)18-6-5-10-1-3-13(19)7-11(10)9-18/h1-4,7-8,19H,5-6,9H2. The van der Waals surface area contributed by atoms with Crippen LogP contribution in [0.5, 0.6) is 5.75 Å². The molecule has 0 unspecified atom stereocenters. The molecule has 2 heterocycles. The largest absolute Gasteiger partial charge is 0.508 e. The van der Waals surface area contributed by atoms with Crippen LogP contribution in [-0.4, -0.2) is 27.4 Å². The Balaban J connectivity index is 1.82. The molecule has 0 bridgehead atoms. The fraction of sp³-hybridized carbons (Fsp3) is 0.200. The lowest BCUT2D eigenvalue weighted by molar-refractivity contribution is 0.0728. The van der Waals surface area contributed by atoms with E-state index >= 15 is 0 Å². The fourth-order valence-electron chi connectivity index (χ4n) is 2.38. The molecule has 3 rings (SSSR count). The lowest BCUT2D eigenvalue weighted by atomic mass is 9.99. The average Bonchev–Trinajstić information content (AvgIpc) is 2.46. The Hall–Kier alpha value is -2.07. The maximum atomic E-state index is 12.4. The first-order valence-corrected chi connectivity index (χ1v) is 6.73. The molecule has 0 fully saturated rings. The van der Waals surface area contributed by atoms with Crippen LogP contribution in [0.4, 0.5) is 0 Å². The van der Waals surface area contributed by atoms with Gasteiger partial charge in [0.2, 0.25) is 0 Å². The van der Waals surface area contributed by atoms with Crippen LogP contribution >= 0.6 is 11.6 Å². The van der Waals surface area contributed by atoms with E-state index in [1.165, 1.54) is 11.8 Å². The molecule has 1 amide bonds. The third kappa shape index (κ3) is 2.47. The van der Waals surface area contributed by atoms with Crippen LogP contribution < -0.4 is 0 Å². The van der Waals surface area contributed by atoms with Gasteiger partial charge in [-0.25, -0.2) is 4.98 Å². The smallest absolute Gasteiger partial charge is 0.272 e. The van der Waals surface area contributed by atoms with Crippen molar-refractivity contribution in [2.45, 2.75) is 13.0 Å². The summed E-state index contributed by atoms with van der Waals surface area (Å²) in [7, 11) is 0. The number of phenolic OH excluding ortho intramolecular Hbond substituents is 1. The molecular weight excluding hydrogens is 276 g/mol. The Morgan fingerprint density at radius 3 is 2.85 bits per heavy atom. The molecule has 0 saturated heterocycles. The molecule has 102 valence electrons. The summed E-state index contributed by atoms with van der Waals surface area (Å²) in [6.45, 7) is 1.15. The second-order valence-corrected chi connectivity index (χ2v) is 5.23. The van der Waals surface area contributed by atoms with E-state index < -0.39 is 0 Å². The number of benzene rings is 1. The minimum atomic E-state index is -0.115. The molecule has 1 aromatic carbocycles. The van der Waals surface area contributed by atoms with Gasteiger partial charge in [-0.05, 0) is 41.8 Å². The number of aromatic nitrogens is 1. The summed E-state index contributed by atoms with van der Waals surface area (Å²) in [5.74, 6) is 0.110. The summed E-state index contributed by atoms with van der Waals surface area (Å²) in [5, 5.41) is 10.0. The predicted molar refractivity (Wildman–Crippen MR) is 75.8 cm³/mol. The minimum absolute atomic E-state index is 0.115. The number of hydrogen-bond acceptors (Lipinski definition) is 3. The van der Waals surface area contributed by atoms with E-state index in [1.807, 2.05) is 6.07 Å². The second-order valence-electron chi connectivity index (χ2n) is 4.79. The van der Waals surface area contributed by atoms with Gasteiger partial charge in [-0.1, -0.05) is 17.7 Å². The van der Waals surface area contributed by atoms with E-state index in [2.05, 4.69) is 4.98 Å². The van der Waals surface area contributed by atoms with Crippen molar-refractivity contribution in [3.63, 3.8) is 0 Å². The van der Waals surface area contributed by atoms with Gasteiger partial charge in [0, 0.05) is 19.3 Å². The average molecular weight is 289 g/mol. The van der Waals surface area contributed by atoms with Gasteiger partial charge in [-0.2, -0.15) is 0 Å². The summed E-state index contributed by atoms with van der Waals surface area (Å²) in [6, 6.07) is 8.59. The molecule has 0 saturated carbocycles.